The van der Waals surface area contributed by atoms with E-state index in [1.807, 2.05) is 6.07 Å². The van der Waals surface area contributed by atoms with Gasteiger partial charge in [-0.15, -0.1) is 12.4 Å². The van der Waals surface area contributed by atoms with E-state index in [0.29, 0.717) is 19.6 Å². The van der Waals surface area contributed by atoms with Gasteiger partial charge in [0.25, 0.3) is 0 Å². The molecular weight excluding hydrogens is 352 g/mol. The largest absolute Gasteiger partial charge is 0.359 e. The highest BCUT2D eigenvalue weighted by molar-refractivity contribution is 5.85. The van der Waals surface area contributed by atoms with Crippen LogP contribution < -0.4 is 11.1 Å². The van der Waals surface area contributed by atoms with Crippen LogP contribution in [-0.4, -0.2) is 42.1 Å². The summed E-state index contributed by atoms with van der Waals surface area (Å²) < 4.78 is 5.50. The lowest BCUT2D eigenvalue weighted by Crippen LogP contribution is -2.43. The van der Waals surface area contributed by atoms with Crippen molar-refractivity contribution in [1.29, 1.82) is 0 Å². The number of aryl methyl sites for hydroxylation is 1. The number of piperidine rings is 1. The predicted octanol–water partition coefficient (Wildman–Crippen LogP) is 2.36. The number of nitrogens with one attached hydrogen (secondary N) is 1. The Hall–Kier alpha value is -1.89. The zero-order valence-corrected chi connectivity index (χ0v) is 15.9. The van der Waals surface area contributed by atoms with Gasteiger partial charge in [0.1, 0.15) is 5.69 Å². The molecule has 0 saturated carbocycles. The van der Waals surface area contributed by atoms with Gasteiger partial charge >= 0.3 is 0 Å². The Morgan fingerprint density at radius 3 is 2.88 bits per heavy atom. The molecule has 0 aliphatic carbocycles. The first-order chi connectivity index (χ1) is 12.2. The fraction of sp³-hybridized carbons (Fsp3) is 0.474. The van der Waals surface area contributed by atoms with Crippen LogP contribution in [0.5, 0.6) is 0 Å². The van der Waals surface area contributed by atoms with E-state index in [9.17, 15) is 4.79 Å². The zero-order valence-electron chi connectivity index (χ0n) is 15.1. The van der Waals surface area contributed by atoms with Gasteiger partial charge in [-0.05, 0) is 26.3 Å². The molecule has 1 aliphatic heterocycles. The number of carbonyl (C=O) groups excluding carboxylic acids is 1. The average Bonchev–Trinajstić information content (AvgIpc) is 3.09. The van der Waals surface area contributed by atoms with Crippen LogP contribution in [0.1, 0.15) is 24.2 Å². The van der Waals surface area contributed by atoms with Gasteiger partial charge in [0.2, 0.25) is 5.91 Å². The minimum absolute atomic E-state index is 0. The minimum atomic E-state index is 0. The number of nitrogens with zero attached hydrogens (tertiary/aromatic N) is 2. The standard InChI is InChI=1S/C19H26N4O2.ClH/c1-14-4-6-15(7-5-14)18-11-17(25-22-18)13-23-10-2-3-16(12-23)19(24)21-9-8-20;/h4-7,11,16H,2-3,8-10,12-13,20H2,1H3,(H,21,24);1H. The molecule has 3 N–H and O–H groups in total. The maximum atomic E-state index is 12.1. The third-order valence-corrected chi connectivity index (χ3v) is 4.61. The molecule has 1 atom stereocenters. The number of aromatic nitrogens is 1. The summed E-state index contributed by atoms with van der Waals surface area (Å²) >= 11 is 0. The van der Waals surface area contributed by atoms with E-state index >= 15 is 0 Å². The van der Waals surface area contributed by atoms with E-state index in [1.165, 1.54) is 5.56 Å². The van der Waals surface area contributed by atoms with Gasteiger partial charge < -0.3 is 15.6 Å². The second-order valence-corrected chi connectivity index (χ2v) is 6.70. The first-order valence-electron chi connectivity index (χ1n) is 8.88. The summed E-state index contributed by atoms with van der Waals surface area (Å²) in [6.45, 7) is 5.48. The topological polar surface area (TPSA) is 84.4 Å². The first-order valence-corrected chi connectivity index (χ1v) is 8.88. The molecule has 1 fully saturated rings. The first kappa shape index (κ1) is 20.4. The summed E-state index contributed by atoms with van der Waals surface area (Å²) in [5, 5.41) is 7.07. The molecule has 1 unspecified atom stereocenters. The minimum Gasteiger partial charge on any atom is -0.359 e. The zero-order chi connectivity index (χ0) is 17.6. The lowest BCUT2D eigenvalue weighted by molar-refractivity contribution is -0.126. The number of likely N-dealkylation sites (tertiary alicyclic amines) is 1. The number of amides is 1. The Balaban J connectivity index is 0.00000243. The van der Waals surface area contributed by atoms with Crippen molar-refractivity contribution < 1.29 is 9.32 Å². The van der Waals surface area contributed by atoms with Crippen LogP contribution in [0.25, 0.3) is 11.3 Å². The molecule has 0 bridgehead atoms. The van der Waals surface area contributed by atoms with Crippen LogP contribution in [-0.2, 0) is 11.3 Å². The van der Waals surface area contributed by atoms with Crippen LogP contribution in [0, 0.1) is 12.8 Å². The Labute approximate surface area is 160 Å². The SMILES string of the molecule is Cc1ccc(-c2cc(CN3CCCC(C(=O)NCCN)C3)on2)cc1.Cl. The number of nitrogens with two attached hydrogens (primary N) is 1. The predicted molar refractivity (Wildman–Crippen MR) is 104 cm³/mol. The maximum absolute atomic E-state index is 12.1. The molecule has 6 nitrogen and oxygen atoms in total. The molecule has 7 heteroatoms. The highest BCUT2D eigenvalue weighted by Crippen LogP contribution is 2.23. The van der Waals surface area contributed by atoms with Crippen LogP contribution in [0.15, 0.2) is 34.9 Å². The quantitative estimate of drug-likeness (QED) is 0.806. The van der Waals surface area contributed by atoms with Gasteiger partial charge in [-0.25, -0.2) is 0 Å². The molecule has 2 aromatic rings. The number of hydrogen-bond acceptors (Lipinski definition) is 5. The Kier molecular flexibility index (Phi) is 7.63. The fourth-order valence-corrected chi connectivity index (χ4v) is 3.22. The highest BCUT2D eigenvalue weighted by atomic mass is 35.5. The van der Waals surface area contributed by atoms with Crippen molar-refractivity contribution >= 4 is 18.3 Å². The van der Waals surface area contributed by atoms with E-state index in [1.54, 1.807) is 0 Å². The molecule has 2 heterocycles. The smallest absolute Gasteiger partial charge is 0.224 e. The van der Waals surface area contributed by atoms with E-state index < -0.39 is 0 Å². The van der Waals surface area contributed by atoms with Crippen molar-refractivity contribution in [3.05, 3.63) is 41.7 Å². The molecule has 3 rings (SSSR count). The Morgan fingerprint density at radius 1 is 1.38 bits per heavy atom. The molecule has 1 aromatic heterocycles. The van der Waals surface area contributed by atoms with Gasteiger partial charge in [0.15, 0.2) is 5.76 Å². The normalized spacial score (nSPS) is 17.5. The summed E-state index contributed by atoms with van der Waals surface area (Å²) in [5.74, 6) is 0.964. The molecule has 1 saturated heterocycles. The summed E-state index contributed by atoms with van der Waals surface area (Å²) in [6, 6.07) is 10.2. The third-order valence-electron chi connectivity index (χ3n) is 4.61. The number of rotatable bonds is 6. The second kappa shape index (κ2) is 9.71. The summed E-state index contributed by atoms with van der Waals surface area (Å²) in [4.78, 5) is 14.4. The Morgan fingerprint density at radius 2 is 2.15 bits per heavy atom. The van der Waals surface area contributed by atoms with Crippen molar-refractivity contribution in [2.45, 2.75) is 26.3 Å². The fourth-order valence-electron chi connectivity index (χ4n) is 3.22. The average molecular weight is 379 g/mol. The number of halogens is 1. The maximum Gasteiger partial charge on any atom is 0.224 e. The van der Waals surface area contributed by atoms with Crippen molar-refractivity contribution in [3.8, 4) is 11.3 Å². The van der Waals surface area contributed by atoms with Crippen LogP contribution >= 0.6 is 12.4 Å². The van der Waals surface area contributed by atoms with Crippen molar-refractivity contribution in [3.63, 3.8) is 0 Å². The Bertz CT molecular complexity index is 702. The van der Waals surface area contributed by atoms with Crippen molar-refractivity contribution in [2.75, 3.05) is 26.2 Å². The third kappa shape index (κ3) is 5.30. The molecule has 26 heavy (non-hydrogen) atoms. The van der Waals surface area contributed by atoms with Crippen molar-refractivity contribution in [2.24, 2.45) is 11.7 Å². The van der Waals surface area contributed by atoms with Crippen LogP contribution in [0.3, 0.4) is 0 Å². The van der Waals surface area contributed by atoms with Gasteiger partial charge in [0, 0.05) is 31.3 Å². The summed E-state index contributed by atoms with van der Waals surface area (Å²) in [5.41, 5.74) is 8.58. The lowest BCUT2D eigenvalue weighted by Gasteiger charge is -2.31. The molecule has 0 spiro atoms. The van der Waals surface area contributed by atoms with Gasteiger partial charge in [-0.2, -0.15) is 0 Å². The second-order valence-electron chi connectivity index (χ2n) is 6.70. The summed E-state index contributed by atoms with van der Waals surface area (Å²) in [6.07, 6.45) is 1.94. The summed E-state index contributed by atoms with van der Waals surface area (Å²) in [7, 11) is 0. The molecule has 1 aromatic carbocycles. The van der Waals surface area contributed by atoms with E-state index in [-0.39, 0.29) is 24.2 Å². The monoisotopic (exact) mass is 378 g/mol. The molecule has 142 valence electrons. The van der Waals surface area contributed by atoms with Crippen LogP contribution in [0.4, 0.5) is 0 Å². The van der Waals surface area contributed by atoms with Crippen LogP contribution in [0.2, 0.25) is 0 Å². The molecule has 1 aliphatic rings. The molecule has 0 radical (unpaired) electrons. The molecule has 1 amide bonds. The van der Waals surface area contributed by atoms with Gasteiger partial charge in [-0.3, -0.25) is 9.69 Å². The number of hydrogen-bond donors (Lipinski definition) is 2. The number of benzene rings is 1. The van der Waals surface area contributed by atoms with E-state index in [2.05, 4.69) is 46.6 Å². The van der Waals surface area contributed by atoms with E-state index in [0.717, 1.165) is 42.9 Å². The lowest BCUT2D eigenvalue weighted by atomic mass is 9.97. The van der Waals surface area contributed by atoms with Gasteiger partial charge in [-0.1, -0.05) is 35.0 Å². The highest BCUT2D eigenvalue weighted by Gasteiger charge is 2.26. The number of carbonyl (C=O) groups is 1. The van der Waals surface area contributed by atoms with Gasteiger partial charge in [0.05, 0.1) is 12.5 Å². The van der Waals surface area contributed by atoms with Crippen molar-refractivity contribution in [1.82, 2.24) is 15.4 Å². The van der Waals surface area contributed by atoms with E-state index in [4.69, 9.17) is 10.3 Å². The molecular formula is C19H27ClN4O2.